The summed E-state index contributed by atoms with van der Waals surface area (Å²) in [5.41, 5.74) is 2.81. The molecule has 0 aliphatic heterocycles. The van der Waals surface area contributed by atoms with E-state index in [1.165, 1.54) is 0 Å². The van der Waals surface area contributed by atoms with Crippen LogP contribution in [0.1, 0.15) is 23.8 Å². The van der Waals surface area contributed by atoms with Gasteiger partial charge in [-0.05, 0) is 43.5 Å². The summed E-state index contributed by atoms with van der Waals surface area (Å²) in [6.07, 6.45) is 3.41. The fourth-order valence-corrected chi connectivity index (χ4v) is 4.18. The Hall–Kier alpha value is -3.06. The quantitative estimate of drug-likeness (QED) is 0.293. The molecule has 4 rings (SSSR count). The summed E-state index contributed by atoms with van der Waals surface area (Å²) in [7, 11) is 0. The summed E-state index contributed by atoms with van der Waals surface area (Å²) in [5, 5.41) is 28.7. The van der Waals surface area contributed by atoms with Crippen LogP contribution in [0.25, 0.3) is 16.2 Å². The van der Waals surface area contributed by atoms with Gasteiger partial charge in [0.2, 0.25) is 0 Å². The number of rotatable bonds is 10. The van der Waals surface area contributed by atoms with Crippen LogP contribution < -0.4 is 5.32 Å². The van der Waals surface area contributed by atoms with Gasteiger partial charge in [0, 0.05) is 31.3 Å². The van der Waals surface area contributed by atoms with Crippen molar-refractivity contribution in [3.05, 3.63) is 59.3 Å². The zero-order chi connectivity index (χ0) is 21.6. The molecule has 0 saturated carbocycles. The summed E-state index contributed by atoms with van der Waals surface area (Å²) < 4.78 is 3.89. The molecule has 8 nitrogen and oxygen atoms in total. The van der Waals surface area contributed by atoms with Crippen LogP contribution in [0.15, 0.2) is 41.9 Å². The number of pyridine rings is 1. The maximum atomic E-state index is 10.5. The molecule has 0 bridgehead atoms. The topological polar surface area (TPSA) is 104 Å². The molecule has 160 valence electrons. The molecule has 4 aromatic heterocycles. The molecule has 0 aromatic carbocycles. The highest BCUT2D eigenvalue weighted by molar-refractivity contribution is 7.13. The molecule has 1 unspecified atom stereocenters. The van der Waals surface area contributed by atoms with Crippen LogP contribution in [0.5, 0.6) is 0 Å². The lowest BCUT2D eigenvalue weighted by Gasteiger charge is -2.13. The normalized spacial score (nSPS) is 12.3. The first kappa shape index (κ1) is 21.2. The molecule has 4 aromatic rings. The third-order valence-corrected chi connectivity index (χ3v) is 5.96. The smallest absolute Gasteiger partial charge is 0.155 e. The maximum absolute atomic E-state index is 10.5. The summed E-state index contributed by atoms with van der Waals surface area (Å²) in [6, 6.07) is 12.1. The minimum absolute atomic E-state index is 0.289. The number of nitriles is 1. The molecule has 0 saturated heterocycles. The molecule has 0 radical (unpaired) electrons. The van der Waals surface area contributed by atoms with Crippen molar-refractivity contribution in [1.29, 1.82) is 5.26 Å². The average Bonchev–Trinajstić information content (AvgIpc) is 3.49. The zero-order valence-corrected chi connectivity index (χ0v) is 18.2. The Kier molecular flexibility index (Phi) is 6.72. The van der Waals surface area contributed by atoms with Crippen molar-refractivity contribution in [3.8, 4) is 16.6 Å². The summed E-state index contributed by atoms with van der Waals surface area (Å²) >= 11 is 1.65. The standard InChI is InChI=1S/C22H25N7OS/c1-16-4-2-6-22-26-20(27-29(16)22)7-8-21-25-18(19-5-3-13-31-19)15-28(21)14-17(30)9-11-24-12-10-23/h2-6,13,15,17,24,30H,7-9,11-12,14H2,1H3. The van der Waals surface area contributed by atoms with Crippen molar-refractivity contribution in [1.82, 2.24) is 29.5 Å². The first-order valence-corrected chi connectivity index (χ1v) is 11.2. The number of nitrogens with one attached hydrogen (secondary N) is 1. The van der Waals surface area contributed by atoms with E-state index in [-0.39, 0.29) is 6.54 Å². The molecule has 0 fully saturated rings. The third-order valence-electron chi connectivity index (χ3n) is 5.06. The first-order valence-electron chi connectivity index (χ1n) is 10.3. The van der Waals surface area contributed by atoms with Crippen molar-refractivity contribution >= 4 is 17.0 Å². The van der Waals surface area contributed by atoms with E-state index in [4.69, 9.17) is 10.2 Å². The van der Waals surface area contributed by atoms with Crippen LogP contribution in [0.3, 0.4) is 0 Å². The molecule has 9 heteroatoms. The van der Waals surface area contributed by atoms with Crippen molar-refractivity contribution in [3.63, 3.8) is 0 Å². The number of aryl methyl sites for hydroxylation is 3. The SMILES string of the molecule is Cc1cccc2nc(CCc3nc(-c4cccs4)cn3CC(O)CCNCC#N)nn12. The highest BCUT2D eigenvalue weighted by atomic mass is 32.1. The number of thiophene rings is 1. The van der Waals surface area contributed by atoms with Crippen molar-refractivity contribution in [2.45, 2.75) is 38.8 Å². The molecule has 0 spiro atoms. The fourth-order valence-electron chi connectivity index (χ4n) is 3.50. The van der Waals surface area contributed by atoms with Crippen LogP contribution in [-0.4, -0.2) is 48.4 Å². The van der Waals surface area contributed by atoms with E-state index in [9.17, 15) is 5.11 Å². The van der Waals surface area contributed by atoms with Crippen LogP contribution in [-0.2, 0) is 19.4 Å². The Morgan fingerprint density at radius 3 is 2.90 bits per heavy atom. The molecule has 2 N–H and O–H groups in total. The van der Waals surface area contributed by atoms with Gasteiger partial charge in [-0.2, -0.15) is 10.4 Å². The number of aliphatic hydroxyl groups excluding tert-OH is 1. The third kappa shape index (κ3) is 5.17. The Morgan fingerprint density at radius 1 is 1.23 bits per heavy atom. The molecule has 0 aliphatic carbocycles. The summed E-state index contributed by atoms with van der Waals surface area (Å²) in [6.45, 7) is 3.36. The minimum Gasteiger partial charge on any atom is -0.391 e. The van der Waals surface area contributed by atoms with Gasteiger partial charge >= 0.3 is 0 Å². The Morgan fingerprint density at radius 2 is 2.13 bits per heavy atom. The number of aromatic nitrogens is 5. The van der Waals surface area contributed by atoms with E-state index in [1.807, 2.05) is 57.9 Å². The van der Waals surface area contributed by atoms with Gasteiger partial charge in [-0.1, -0.05) is 12.1 Å². The number of nitrogens with zero attached hydrogens (tertiary/aromatic N) is 6. The van der Waals surface area contributed by atoms with Crippen molar-refractivity contribution in [2.24, 2.45) is 0 Å². The number of hydrogen-bond acceptors (Lipinski definition) is 7. The van der Waals surface area contributed by atoms with Gasteiger partial charge in [0.15, 0.2) is 11.5 Å². The number of fused-ring (bicyclic) bond motifs is 1. The number of imidazole rings is 1. The molecular formula is C22H25N7OS. The van der Waals surface area contributed by atoms with Crippen LogP contribution in [0.2, 0.25) is 0 Å². The Bertz CT molecular complexity index is 1170. The van der Waals surface area contributed by atoms with E-state index in [1.54, 1.807) is 11.3 Å². The van der Waals surface area contributed by atoms with E-state index in [0.29, 0.717) is 32.4 Å². The highest BCUT2D eigenvalue weighted by Gasteiger charge is 2.15. The van der Waals surface area contributed by atoms with E-state index < -0.39 is 6.10 Å². The second kappa shape index (κ2) is 9.83. The van der Waals surface area contributed by atoms with Gasteiger partial charge in [-0.25, -0.2) is 14.5 Å². The Labute approximate surface area is 184 Å². The first-order chi connectivity index (χ1) is 15.1. The van der Waals surface area contributed by atoms with Crippen LogP contribution in [0, 0.1) is 18.3 Å². The summed E-state index contributed by atoms with van der Waals surface area (Å²) in [4.78, 5) is 10.6. The molecule has 31 heavy (non-hydrogen) atoms. The van der Waals surface area contributed by atoms with E-state index in [0.717, 1.165) is 33.6 Å². The predicted octanol–water partition coefficient (Wildman–Crippen LogP) is 2.61. The van der Waals surface area contributed by atoms with E-state index >= 15 is 0 Å². The minimum atomic E-state index is -0.522. The molecule has 1 atom stereocenters. The van der Waals surface area contributed by atoms with Crippen LogP contribution in [0.4, 0.5) is 0 Å². The molecule has 0 amide bonds. The zero-order valence-electron chi connectivity index (χ0n) is 17.4. The average molecular weight is 436 g/mol. The largest absolute Gasteiger partial charge is 0.391 e. The lowest BCUT2D eigenvalue weighted by molar-refractivity contribution is 0.143. The number of hydrogen-bond donors (Lipinski definition) is 2. The van der Waals surface area contributed by atoms with Gasteiger partial charge in [-0.15, -0.1) is 11.3 Å². The molecule has 4 heterocycles. The second-order valence-electron chi connectivity index (χ2n) is 7.41. The van der Waals surface area contributed by atoms with Crippen LogP contribution >= 0.6 is 11.3 Å². The fraction of sp³-hybridized carbons (Fsp3) is 0.364. The van der Waals surface area contributed by atoms with Gasteiger partial charge < -0.3 is 15.0 Å². The Balaban J connectivity index is 1.49. The second-order valence-corrected chi connectivity index (χ2v) is 8.36. The van der Waals surface area contributed by atoms with Crippen molar-refractivity contribution in [2.75, 3.05) is 13.1 Å². The van der Waals surface area contributed by atoms with Gasteiger partial charge in [-0.3, -0.25) is 0 Å². The monoisotopic (exact) mass is 435 g/mol. The number of aliphatic hydroxyl groups is 1. The highest BCUT2D eigenvalue weighted by Crippen LogP contribution is 2.24. The van der Waals surface area contributed by atoms with Gasteiger partial charge in [0.05, 0.1) is 29.3 Å². The summed E-state index contributed by atoms with van der Waals surface area (Å²) in [5.74, 6) is 1.69. The maximum Gasteiger partial charge on any atom is 0.155 e. The predicted molar refractivity (Wildman–Crippen MR) is 120 cm³/mol. The molecular weight excluding hydrogens is 410 g/mol. The van der Waals surface area contributed by atoms with Crippen molar-refractivity contribution < 1.29 is 5.11 Å². The lowest BCUT2D eigenvalue weighted by atomic mass is 10.2. The van der Waals surface area contributed by atoms with E-state index in [2.05, 4.69) is 21.5 Å². The lowest BCUT2D eigenvalue weighted by Crippen LogP contribution is -2.24. The molecule has 0 aliphatic rings. The van der Waals surface area contributed by atoms with Gasteiger partial charge in [0.25, 0.3) is 0 Å². The van der Waals surface area contributed by atoms with Gasteiger partial charge in [0.1, 0.15) is 5.82 Å².